The van der Waals surface area contributed by atoms with Gasteiger partial charge in [-0.05, 0) is 36.8 Å². The van der Waals surface area contributed by atoms with Crippen LogP contribution in [-0.2, 0) is 0 Å². The van der Waals surface area contributed by atoms with Gasteiger partial charge in [-0.1, -0.05) is 6.92 Å². The zero-order valence-corrected chi connectivity index (χ0v) is 9.47. The van der Waals surface area contributed by atoms with Gasteiger partial charge in [0.2, 0.25) is 0 Å². The van der Waals surface area contributed by atoms with Crippen molar-refractivity contribution in [3.63, 3.8) is 0 Å². The Labute approximate surface area is 94.7 Å². The monoisotopic (exact) mass is 214 g/mol. The van der Waals surface area contributed by atoms with E-state index in [0.29, 0.717) is 6.42 Å². The van der Waals surface area contributed by atoms with Crippen LogP contribution < -0.4 is 0 Å². The van der Waals surface area contributed by atoms with E-state index in [4.69, 9.17) is 0 Å². The summed E-state index contributed by atoms with van der Waals surface area (Å²) < 4.78 is 1.80. The third kappa shape index (κ3) is 2.03. The van der Waals surface area contributed by atoms with Crippen LogP contribution in [0.3, 0.4) is 0 Å². The van der Waals surface area contributed by atoms with E-state index in [1.165, 1.54) is 0 Å². The lowest BCUT2D eigenvalue weighted by Gasteiger charge is -2.02. The van der Waals surface area contributed by atoms with E-state index in [1.807, 2.05) is 50.5 Å². The predicted octanol–water partition coefficient (Wildman–Crippen LogP) is 2.77. The Morgan fingerprint density at radius 1 is 1.31 bits per heavy atom. The number of Topliss-reactive ketones (excluding diaryl/α,β-unsaturated/α-hetero) is 1. The van der Waals surface area contributed by atoms with Crippen LogP contribution in [0.5, 0.6) is 0 Å². The second-order valence-corrected chi connectivity index (χ2v) is 3.79. The molecule has 0 atom stereocenters. The van der Waals surface area contributed by atoms with Gasteiger partial charge in [0, 0.05) is 18.2 Å². The van der Waals surface area contributed by atoms with Gasteiger partial charge < -0.3 is 0 Å². The van der Waals surface area contributed by atoms with Gasteiger partial charge >= 0.3 is 0 Å². The second kappa shape index (κ2) is 4.31. The van der Waals surface area contributed by atoms with Gasteiger partial charge in [0.05, 0.1) is 11.9 Å². The van der Waals surface area contributed by atoms with Crippen LogP contribution in [0.15, 0.2) is 36.7 Å². The minimum Gasteiger partial charge on any atom is -0.294 e. The van der Waals surface area contributed by atoms with Gasteiger partial charge in [-0.15, -0.1) is 0 Å². The van der Waals surface area contributed by atoms with Crippen molar-refractivity contribution in [2.24, 2.45) is 0 Å². The highest BCUT2D eigenvalue weighted by atomic mass is 16.1. The van der Waals surface area contributed by atoms with Crippen LogP contribution in [0.2, 0.25) is 0 Å². The summed E-state index contributed by atoms with van der Waals surface area (Å²) in [6, 6.07) is 7.51. The van der Waals surface area contributed by atoms with Crippen LogP contribution in [0.1, 0.15) is 29.3 Å². The molecule has 0 aliphatic carbocycles. The van der Waals surface area contributed by atoms with Crippen molar-refractivity contribution >= 4 is 5.78 Å². The molecule has 3 heteroatoms. The predicted molar refractivity (Wildman–Crippen MR) is 62.9 cm³/mol. The van der Waals surface area contributed by atoms with Crippen LogP contribution >= 0.6 is 0 Å². The Morgan fingerprint density at radius 2 is 2.00 bits per heavy atom. The van der Waals surface area contributed by atoms with E-state index < -0.39 is 0 Å². The van der Waals surface area contributed by atoms with Crippen LogP contribution in [0.4, 0.5) is 0 Å². The van der Waals surface area contributed by atoms with Crippen molar-refractivity contribution in [3.05, 3.63) is 47.8 Å². The summed E-state index contributed by atoms with van der Waals surface area (Å²) in [6.45, 7) is 3.87. The molecule has 0 saturated carbocycles. The lowest BCUT2D eigenvalue weighted by molar-refractivity contribution is 0.0988. The molecule has 0 N–H and O–H groups in total. The zero-order chi connectivity index (χ0) is 11.5. The third-order valence-corrected chi connectivity index (χ3v) is 2.49. The smallest absolute Gasteiger partial charge is 0.162 e. The highest BCUT2D eigenvalue weighted by Crippen LogP contribution is 2.11. The first-order chi connectivity index (χ1) is 7.70. The van der Waals surface area contributed by atoms with Crippen LogP contribution in [-0.4, -0.2) is 15.6 Å². The number of carbonyl (C=O) groups excluding carboxylic acids is 1. The Morgan fingerprint density at radius 3 is 2.50 bits per heavy atom. The molecule has 0 unspecified atom stereocenters. The van der Waals surface area contributed by atoms with Crippen molar-refractivity contribution in [1.82, 2.24) is 9.78 Å². The van der Waals surface area contributed by atoms with Crippen molar-refractivity contribution in [2.45, 2.75) is 20.3 Å². The SMILES string of the molecule is CCC(=O)c1ccc(-n2cc(C)cn2)cc1. The zero-order valence-electron chi connectivity index (χ0n) is 9.47. The highest BCUT2D eigenvalue weighted by molar-refractivity contribution is 5.95. The van der Waals surface area contributed by atoms with E-state index in [9.17, 15) is 4.79 Å². The normalized spacial score (nSPS) is 10.4. The van der Waals surface area contributed by atoms with Gasteiger partial charge in [-0.25, -0.2) is 4.68 Å². The first-order valence-corrected chi connectivity index (χ1v) is 5.35. The molecule has 0 fully saturated rings. The molecule has 16 heavy (non-hydrogen) atoms. The lowest BCUT2D eigenvalue weighted by Crippen LogP contribution is -1.98. The first-order valence-electron chi connectivity index (χ1n) is 5.35. The van der Waals surface area contributed by atoms with Crippen molar-refractivity contribution in [1.29, 1.82) is 0 Å². The maximum Gasteiger partial charge on any atom is 0.162 e. The summed E-state index contributed by atoms with van der Waals surface area (Å²) in [5.74, 6) is 0.170. The van der Waals surface area contributed by atoms with E-state index in [1.54, 1.807) is 4.68 Å². The average Bonchev–Trinajstić information content (AvgIpc) is 2.75. The largest absolute Gasteiger partial charge is 0.294 e. The standard InChI is InChI=1S/C13H14N2O/c1-3-13(16)11-4-6-12(7-5-11)15-9-10(2)8-14-15/h4-9H,3H2,1-2H3. The summed E-state index contributed by atoms with van der Waals surface area (Å²) in [5.41, 5.74) is 2.85. The lowest BCUT2D eigenvalue weighted by atomic mass is 10.1. The summed E-state index contributed by atoms with van der Waals surface area (Å²) >= 11 is 0. The number of aromatic nitrogens is 2. The Kier molecular flexibility index (Phi) is 2.86. The fourth-order valence-corrected chi connectivity index (χ4v) is 1.56. The number of ketones is 1. The molecule has 0 spiro atoms. The van der Waals surface area contributed by atoms with Crippen molar-refractivity contribution < 1.29 is 4.79 Å². The number of benzene rings is 1. The Hall–Kier alpha value is -1.90. The van der Waals surface area contributed by atoms with Gasteiger partial charge in [-0.2, -0.15) is 5.10 Å². The first kappa shape index (κ1) is 10.6. The number of hydrogen-bond acceptors (Lipinski definition) is 2. The minimum absolute atomic E-state index is 0.170. The molecule has 0 aliphatic rings. The molecule has 0 amide bonds. The summed E-state index contributed by atoms with van der Waals surface area (Å²) in [5, 5.41) is 4.21. The molecule has 1 aromatic heterocycles. The van der Waals surface area contributed by atoms with Crippen molar-refractivity contribution in [2.75, 3.05) is 0 Å². The van der Waals surface area contributed by atoms with Gasteiger partial charge in [0.1, 0.15) is 0 Å². The molecule has 0 aliphatic heterocycles. The van der Waals surface area contributed by atoms with E-state index in [0.717, 1.165) is 16.8 Å². The molecular weight excluding hydrogens is 200 g/mol. The third-order valence-electron chi connectivity index (χ3n) is 2.49. The minimum atomic E-state index is 0.170. The molecule has 0 bridgehead atoms. The van der Waals surface area contributed by atoms with E-state index in [-0.39, 0.29) is 5.78 Å². The number of aryl methyl sites for hydroxylation is 1. The molecule has 82 valence electrons. The Balaban J connectivity index is 2.29. The number of rotatable bonds is 3. The van der Waals surface area contributed by atoms with E-state index in [2.05, 4.69) is 5.10 Å². The summed E-state index contributed by atoms with van der Waals surface area (Å²) in [6.07, 6.45) is 4.31. The topological polar surface area (TPSA) is 34.9 Å². The quantitative estimate of drug-likeness (QED) is 0.736. The summed E-state index contributed by atoms with van der Waals surface area (Å²) in [7, 11) is 0. The van der Waals surface area contributed by atoms with Gasteiger partial charge in [0.25, 0.3) is 0 Å². The van der Waals surface area contributed by atoms with E-state index >= 15 is 0 Å². The maximum absolute atomic E-state index is 11.4. The number of nitrogens with zero attached hydrogens (tertiary/aromatic N) is 2. The fraction of sp³-hybridized carbons (Fsp3) is 0.231. The van der Waals surface area contributed by atoms with Gasteiger partial charge in [0.15, 0.2) is 5.78 Å². The average molecular weight is 214 g/mol. The molecule has 1 aromatic carbocycles. The molecular formula is C13H14N2O. The van der Waals surface area contributed by atoms with Gasteiger partial charge in [-0.3, -0.25) is 4.79 Å². The number of hydrogen-bond donors (Lipinski definition) is 0. The molecule has 0 radical (unpaired) electrons. The van der Waals surface area contributed by atoms with Crippen LogP contribution in [0, 0.1) is 6.92 Å². The molecule has 3 nitrogen and oxygen atoms in total. The molecule has 0 saturated heterocycles. The van der Waals surface area contributed by atoms with Crippen LogP contribution in [0.25, 0.3) is 5.69 Å². The molecule has 1 heterocycles. The molecule has 2 aromatic rings. The summed E-state index contributed by atoms with van der Waals surface area (Å²) in [4.78, 5) is 11.4. The number of carbonyl (C=O) groups is 1. The highest BCUT2D eigenvalue weighted by Gasteiger charge is 2.03. The molecule has 2 rings (SSSR count). The Bertz CT molecular complexity index is 497. The fourth-order valence-electron chi connectivity index (χ4n) is 1.56. The maximum atomic E-state index is 11.4. The van der Waals surface area contributed by atoms with Crippen molar-refractivity contribution in [3.8, 4) is 5.69 Å². The second-order valence-electron chi connectivity index (χ2n) is 3.79.